The van der Waals surface area contributed by atoms with E-state index in [2.05, 4.69) is 20.5 Å². The maximum Gasteiger partial charge on any atom is 0.432 e. The van der Waals surface area contributed by atoms with Gasteiger partial charge in [-0.3, -0.25) is 14.3 Å². The molecule has 1 amide bonds. The average Bonchev–Trinajstić information content (AvgIpc) is 3.33. The first-order valence-corrected chi connectivity index (χ1v) is 8.69. The van der Waals surface area contributed by atoms with Crippen molar-refractivity contribution in [1.82, 2.24) is 19.6 Å². The second-order valence-electron chi connectivity index (χ2n) is 5.80. The summed E-state index contributed by atoms with van der Waals surface area (Å²) < 4.78 is 39.7. The molecule has 0 bridgehead atoms. The second-order valence-corrected chi connectivity index (χ2v) is 6.65. The molecule has 0 aliphatic heterocycles. The molecule has 0 radical (unpaired) electrons. The topological polar surface area (TPSA) is 75.1 Å². The van der Waals surface area contributed by atoms with E-state index in [-0.39, 0.29) is 23.0 Å². The molecule has 2 N–H and O–H groups in total. The molecule has 10 heteroatoms. The number of carbonyl (C=O) groups excluding carboxylic acids is 1. The van der Waals surface area contributed by atoms with E-state index in [0.717, 1.165) is 44.1 Å². The first kappa shape index (κ1) is 17.3. The Morgan fingerprint density at radius 3 is 2.67 bits per heavy atom. The predicted molar refractivity (Wildman–Crippen MR) is 94.4 cm³/mol. The summed E-state index contributed by atoms with van der Waals surface area (Å²) in [5.41, 5.74) is 1.86. The molecule has 4 aromatic rings. The fourth-order valence-electron chi connectivity index (χ4n) is 2.66. The predicted octanol–water partition coefficient (Wildman–Crippen LogP) is 3.99. The lowest BCUT2D eigenvalue weighted by Crippen LogP contribution is -2.14. The van der Waals surface area contributed by atoms with Crippen LogP contribution in [0.15, 0.2) is 48.4 Å². The molecule has 0 fully saturated rings. The zero-order valence-electron chi connectivity index (χ0n) is 13.6. The highest BCUT2D eigenvalue weighted by Gasteiger charge is 2.35. The number of halogens is 3. The van der Waals surface area contributed by atoms with E-state index in [1.807, 2.05) is 24.3 Å². The fraction of sp³-hybridized carbons (Fsp3) is 0.118. The maximum atomic E-state index is 12.9. The third-order valence-corrected chi connectivity index (χ3v) is 4.92. The van der Waals surface area contributed by atoms with Crippen molar-refractivity contribution >= 4 is 27.9 Å². The van der Waals surface area contributed by atoms with Crippen LogP contribution < -0.4 is 5.32 Å². The maximum absolute atomic E-state index is 12.9. The van der Waals surface area contributed by atoms with Crippen molar-refractivity contribution in [3.05, 3.63) is 59.6 Å². The number of anilines is 1. The summed E-state index contributed by atoms with van der Waals surface area (Å²) >= 11 is 0.880. The number of hydrogen-bond donors (Lipinski definition) is 2. The van der Waals surface area contributed by atoms with Gasteiger partial charge in [0.05, 0.1) is 12.6 Å². The molecule has 3 heterocycles. The number of hydrogen-bond acceptors (Lipinski definition) is 4. The summed E-state index contributed by atoms with van der Waals surface area (Å²) in [5.74, 6) is -0.232. The molecular weight excluding hydrogens is 379 g/mol. The lowest BCUT2D eigenvalue weighted by molar-refractivity contribution is -0.141. The van der Waals surface area contributed by atoms with E-state index in [4.69, 9.17) is 0 Å². The van der Waals surface area contributed by atoms with Crippen LogP contribution in [-0.2, 0) is 17.4 Å². The average molecular weight is 391 g/mol. The van der Waals surface area contributed by atoms with Crippen LogP contribution in [0.4, 0.5) is 19.0 Å². The number of thiazole rings is 1. The molecule has 138 valence electrons. The van der Waals surface area contributed by atoms with Crippen LogP contribution in [0, 0.1) is 0 Å². The summed E-state index contributed by atoms with van der Waals surface area (Å²) in [6.45, 7) is 0. The Labute approximate surface area is 154 Å². The molecule has 0 atom stereocenters. The zero-order chi connectivity index (χ0) is 19.0. The number of aromatic amines is 1. The van der Waals surface area contributed by atoms with E-state index in [0.29, 0.717) is 0 Å². The minimum Gasteiger partial charge on any atom is -0.308 e. The number of alkyl halides is 3. The largest absolute Gasteiger partial charge is 0.432 e. The van der Waals surface area contributed by atoms with Crippen LogP contribution in [-0.4, -0.2) is 25.5 Å². The first-order chi connectivity index (χ1) is 12.9. The van der Waals surface area contributed by atoms with Crippen LogP contribution in [0.25, 0.3) is 16.0 Å². The van der Waals surface area contributed by atoms with E-state index < -0.39 is 11.9 Å². The number of nitrogens with zero attached hydrogens (tertiary/aromatic N) is 3. The monoisotopic (exact) mass is 391 g/mol. The number of fused-ring (bicyclic) bond motifs is 1. The number of carbonyl (C=O) groups is 1. The number of H-pyrrole nitrogens is 1. The van der Waals surface area contributed by atoms with Crippen molar-refractivity contribution in [2.24, 2.45) is 0 Å². The molecule has 0 unspecified atom stereocenters. The molecule has 6 nitrogen and oxygen atoms in total. The Morgan fingerprint density at radius 2 is 2.00 bits per heavy atom. The standard InChI is InChI=1S/C17H12F3N5OS/c18-17(19,20)13-8-27-16-15(21-9-25(13)16)24-14(26)5-10-1-3-11(4-2-10)12-6-22-23-7-12/h1-4,6-9H,5H2,(H,22,23)(H,24,26). The Hall–Kier alpha value is -3.14. The Kier molecular flexibility index (Phi) is 4.19. The molecule has 0 saturated heterocycles. The van der Waals surface area contributed by atoms with Crippen molar-refractivity contribution in [3.8, 4) is 11.1 Å². The molecule has 1 aromatic carbocycles. The van der Waals surface area contributed by atoms with Gasteiger partial charge in [-0.2, -0.15) is 18.3 Å². The molecule has 0 aliphatic carbocycles. The number of aromatic nitrogens is 4. The number of rotatable bonds is 4. The highest BCUT2D eigenvalue weighted by Crippen LogP contribution is 2.35. The number of benzene rings is 1. The van der Waals surface area contributed by atoms with Crippen molar-refractivity contribution in [1.29, 1.82) is 0 Å². The van der Waals surface area contributed by atoms with Crippen LogP contribution >= 0.6 is 11.3 Å². The molecular formula is C17H12F3N5OS. The van der Waals surface area contributed by atoms with Gasteiger partial charge < -0.3 is 5.32 Å². The summed E-state index contributed by atoms with van der Waals surface area (Å²) in [7, 11) is 0. The lowest BCUT2D eigenvalue weighted by atomic mass is 10.1. The van der Waals surface area contributed by atoms with E-state index >= 15 is 0 Å². The molecule has 0 saturated carbocycles. The number of imidazole rings is 1. The third kappa shape index (κ3) is 3.43. The van der Waals surface area contributed by atoms with Gasteiger partial charge in [-0.1, -0.05) is 24.3 Å². The Balaban J connectivity index is 1.47. The third-order valence-electron chi connectivity index (χ3n) is 3.96. The Morgan fingerprint density at radius 1 is 1.22 bits per heavy atom. The molecule has 4 rings (SSSR count). The summed E-state index contributed by atoms with van der Waals surface area (Å²) in [4.78, 5) is 16.4. The van der Waals surface area contributed by atoms with E-state index in [1.165, 1.54) is 0 Å². The molecule has 3 aromatic heterocycles. The van der Waals surface area contributed by atoms with Crippen LogP contribution in [0.5, 0.6) is 0 Å². The van der Waals surface area contributed by atoms with Gasteiger partial charge in [-0.25, -0.2) is 4.98 Å². The fourth-order valence-corrected chi connectivity index (χ4v) is 3.61. The van der Waals surface area contributed by atoms with E-state index in [1.54, 1.807) is 12.4 Å². The second kappa shape index (κ2) is 6.54. The van der Waals surface area contributed by atoms with E-state index in [9.17, 15) is 18.0 Å². The van der Waals surface area contributed by atoms with Crippen molar-refractivity contribution in [2.45, 2.75) is 12.6 Å². The highest BCUT2D eigenvalue weighted by molar-refractivity contribution is 7.16. The van der Waals surface area contributed by atoms with Gasteiger partial charge in [0, 0.05) is 17.1 Å². The summed E-state index contributed by atoms with van der Waals surface area (Å²) in [6, 6.07) is 7.38. The quantitative estimate of drug-likeness (QED) is 0.552. The molecule has 0 aliphatic rings. The Bertz CT molecular complexity index is 1080. The van der Waals surface area contributed by atoms with Crippen LogP contribution in [0.3, 0.4) is 0 Å². The van der Waals surface area contributed by atoms with Crippen molar-refractivity contribution in [3.63, 3.8) is 0 Å². The van der Waals surface area contributed by atoms with Gasteiger partial charge in [0.1, 0.15) is 16.9 Å². The van der Waals surface area contributed by atoms with Gasteiger partial charge in [0.25, 0.3) is 0 Å². The van der Waals surface area contributed by atoms with Gasteiger partial charge in [-0.05, 0) is 11.1 Å². The minimum atomic E-state index is -4.48. The van der Waals surface area contributed by atoms with Gasteiger partial charge in [0.15, 0.2) is 5.82 Å². The van der Waals surface area contributed by atoms with Crippen LogP contribution in [0.1, 0.15) is 11.3 Å². The van der Waals surface area contributed by atoms with Crippen molar-refractivity contribution < 1.29 is 18.0 Å². The molecule has 27 heavy (non-hydrogen) atoms. The first-order valence-electron chi connectivity index (χ1n) is 7.81. The van der Waals surface area contributed by atoms with Gasteiger partial charge >= 0.3 is 6.18 Å². The molecule has 0 spiro atoms. The SMILES string of the molecule is O=C(Cc1ccc(-c2cn[nH]c2)cc1)Nc1ncn2c(C(F)(F)F)csc12. The normalized spacial score (nSPS) is 11.8. The van der Waals surface area contributed by atoms with Gasteiger partial charge in [0.2, 0.25) is 5.91 Å². The smallest absolute Gasteiger partial charge is 0.308 e. The van der Waals surface area contributed by atoms with Gasteiger partial charge in [-0.15, -0.1) is 11.3 Å². The number of nitrogens with one attached hydrogen (secondary N) is 2. The van der Waals surface area contributed by atoms with Crippen molar-refractivity contribution in [2.75, 3.05) is 5.32 Å². The zero-order valence-corrected chi connectivity index (χ0v) is 14.4. The van der Waals surface area contributed by atoms with Crippen LogP contribution in [0.2, 0.25) is 0 Å². The lowest BCUT2D eigenvalue weighted by Gasteiger charge is -2.04. The highest BCUT2D eigenvalue weighted by atomic mass is 32.1. The summed E-state index contributed by atoms with van der Waals surface area (Å²) in [5, 5.41) is 10.2. The minimum absolute atomic E-state index is 0.0855. The summed E-state index contributed by atoms with van der Waals surface area (Å²) in [6.07, 6.45) is 0.132. The number of amides is 1.